The van der Waals surface area contributed by atoms with Gasteiger partial charge in [-0.1, -0.05) is 11.6 Å². The summed E-state index contributed by atoms with van der Waals surface area (Å²) in [6.07, 6.45) is -4.87. The topological polar surface area (TPSA) is 32.8 Å². The Bertz CT molecular complexity index is 920. The highest BCUT2D eigenvalue weighted by Crippen LogP contribution is 2.38. The van der Waals surface area contributed by atoms with Gasteiger partial charge in [0, 0.05) is 30.7 Å². The monoisotopic (exact) mass is 430 g/mol. The van der Waals surface area contributed by atoms with E-state index in [0.29, 0.717) is 13.0 Å². The van der Waals surface area contributed by atoms with Gasteiger partial charge in [0.25, 0.3) is 0 Å². The van der Waals surface area contributed by atoms with Crippen LogP contribution in [0.25, 0.3) is 11.1 Å². The van der Waals surface area contributed by atoms with E-state index < -0.39 is 23.7 Å². The van der Waals surface area contributed by atoms with Crippen LogP contribution in [0.1, 0.15) is 12.0 Å². The van der Waals surface area contributed by atoms with E-state index >= 15 is 0 Å². The number of ether oxygens (including phenoxy) is 1. The number of alkyl halides is 3. The quantitative estimate of drug-likeness (QED) is 0.608. The summed E-state index contributed by atoms with van der Waals surface area (Å²) in [5.41, 5.74) is -0.617. The first kappa shape index (κ1) is 21.4. The van der Waals surface area contributed by atoms with Crippen LogP contribution in [0, 0.1) is 5.82 Å². The first-order valence-corrected chi connectivity index (χ1v) is 9.23. The maximum atomic E-state index is 13.9. The van der Waals surface area contributed by atoms with Crippen LogP contribution in [-0.2, 0) is 10.9 Å². The number of anilines is 1. The molecule has 156 valence electrons. The average molecular weight is 431 g/mol. The molecule has 1 heterocycles. The molecule has 1 fully saturated rings. The van der Waals surface area contributed by atoms with Gasteiger partial charge in [-0.05, 0) is 55.4 Å². The highest BCUT2D eigenvalue weighted by atomic mass is 35.5. The van der Waals surface area contributed by atoms with Gasteiger partial charge < -0.3 is 9.64 Å². The van der Waals surface area contributed by atoms with Crippen LogP contribution in [-0.4, -0.2) is 44.3 Å². The number of nitrogens with zero attached hydrogens (tertiary/aromatic N) is 2. The van der Waals surface area contributed by atoms with Crippen LogP contribution in [0.2, 0.25) is 5.02 Å². The molecular weight excluding hydrogens is 412 g/mol. The van der Waals surface area contributed by atoms with Crippen LogP contribution in [0.3, 0.4) is 0 Å². The third-order valence-electron chi connectivity index (χ3n) is 4.75. The summed E-state index contributed by atoms with van der Waals surface area (Å²) >= 11 is 5.86. The number of amides is 1. The molecule has 4 nitrogen and oxygen atoms in total. The molecule has 0 radical (unpaired) electrons. The third kappa shape index (κ3) is 5.00. The van der Waals surface area contributed by atoms with Crippen LogP contribution in [0.5, 0.6) is 0 Å². The molecule has 0 saturated carbocycles. The largest absolute Gasteiger partial charge is 0.444 e. The molecule has 9 heteroatoms. The van der Waals surface area contributed by atoms with Crippen molar-refractivity contribution in [3.05, 3.63) is 52.8 Å². The minimum atomic E-state index is -4.62. The smallest absolute Gasteiger partial charge is 0.416 e. The van der Waals surface area contributed by atoms with E-state index in [1.807, 2.05) is 11.9 Å². The lowest BCUT2D eigenvalue weighted by Gasteiger charge is -2.23. The fourth-order valence-corrected chi connectivity index (χ4v) is 3.49. The highest BCUT2D eigenvalue weighted by molar-refractivity contribution is 6.31. The minimum absolute atomic E-state index is 0.0413. The summed E-state index contributed by atoms with van der Waals surface area (Å²) in [5.74, 6) is -0.656. The summed E-state index contributed by atoms with van der Waals surface area (Å²) < 4.78 is 58.9. The van der Waals surface area contributed by atoms with Crippen LogP contribution >= 0.6 is 11.6 Å². The van der Waals surface area contributed by atoms with Gasteiger partial charge >= 0.3 is 12.3 Å². The fraction of sp³-hybridized carbons (Fsp3) is 0.350. The normalized spacial score (nSPS) is 17.4. The van der Waals surface area contributed by atoms with Gasteiger partial charge in [0.1, 0.15) is 11.9 Å². The lowest BCUT2D eigenvalue weighted by atomic mass is 10.0. The van der Waals surface area contributed by atoms with Crippen LogP contribution in [0.4, 0.5) is 28.0 Å². The summed E-state index contributed by atoms with van der Waals surface area (Å²) in [6.45, 7) is 1.39. The van der Waals surface area contributed by atoms with Gasteiger partial charge in [-0.2, -0.15) is 13.2 Å². The van der Waals surface area contributed by atoms with E-state index in [2.05, 4.69) is 0 Å². The van der Waals surface area contributed by atoms with Crippen molar-refractivity contribution in [1.29, 1.82) is 0 Å². The maximum Gasteiger partial charge on any atom is 0.416 e. The predicted octanol–water partition coefficient (Wildman–Crippen LogP) is 5.44. The Balaban J connectivity index is 1.96. The van der Waals surface area contributed by atoms with Crippen molar-refractivity contribution < 1.29 is 27.1 Å². The van der Waals surface area contributed by atoms with E-state index in [4.69, 9.17) is 16.3 Å². The Morgan fingerprint density at radius 1 is 1.24 bits per heavy atom. The Labute approximate surface area is 170 Å². The van der Waals surface area contributed by atoms with Gasteiger partial charge in [-0.3, -0.25) is 4.90 Å². The van der Waals surface area contributed by atoms with E-state index in [-0.39, 0.29) is 27.9 Å². The van der Waals surface area contributed by atoms with Crippen molar-refractivity contribution in [3.8, 4) is 11.1 Å². The summed E-state index contributed by atoms with van der Waals surface area (Å²) in [5, 5.41) is -0.149. The number of hydrogen-bond acceptors (Lipinski definition) is 3. The zero-order valence-electron chi connectivity index (χ0n) is 15.8. The van der Waals surface area contributed by atoms with Crippen molar-refractivity contribution in [2.75, 3.05) is 32.1 Å². The molecule has 0 N–H and O–H groups in total. The Morgan fingerprint density at radius 2 is 1.97 bits per heavy atom. The lowest BCUT2D eigenvalue weighted by molar-refractivity contribution is -0.137. The number of hydrogen-bond donors (Lipinski definition) is 0. The fourth-order valence-electron chi connectivity index (χ4n) is 3.25. The van der Waals surface area contributed by atoms with Crippen molar-refractivity contribution in [3.63, 3.8) is 0 Å². The number of likely N-dealkylation sites (N-methyl/N-ethyl adjacent to an activating group) is 1. The molecule has 29 heavy (non-hydrogen) atoms. The average Bonchev–Trinajstić information content (AvgIpc) is 3.04. The number of likely N-dealkylation sites (tertiary alicyclic amines) is 1. The molecule has 0 aromatic heterocycles. The number of benzene rings is 2. The highest BCUT2D eigenvalue weighted by Gasteiger charge is 2.32. The molecule has 2 aromatic rings. The number of carbonyl (C=O) groups excluding carboxylic acids is 1. The zero-order chi connectivity index (χ0) is 21.3. The number of carbonyl (C=O) groups is 1. The van der Waals surface area contributed by atoms with Gasteiger partial charge in [-0.15, -0.1) is 0 Å². The molecule has 0 bridgehead atoms. The summed E-state index contributed by atoms with van der Waals surface area (Å²) in [4.78, 5) is 15.7. The van der Waals surface area contributed by atoms with Crippen molar-refractivity contribution in [2.24, 2.45) is 0 Å². The third-order valence-corrected chi connectivity index (χ3v) is 4.96. The van der Waals surface area contributed by atoms with Crippen molar-refractivity contribution in [1.82, 2.24) is 4.90 Å². The molecule has 1 atom stereocenters. The van der Waals surface area contributed by atoms with Crippen molar-refractivity contribution in [2.45, 2.75) is 18.7 Å². The minimum Gasteiger partial charge on any atom is -0.444 e. The summed E-state index contributed by atoms with van der Waals surface area (Å²) in [6, 6.07) is 6.46. The van der Waals surface area contributed by atoms with Gasteiger partial charge in [-0.25, -0.2) is 9.18 Å². The second kappa shape index (κ2) is 8.20. The molecular formula is C20H19ClF4N2O2. The Hall–Kier alpha value is -2.32. The van der Waals surface area contributed by atoms with Crippen molar-refractivity contribution >= 4 is 23.4 Å². The zero-order valence-corrected chi connectivity index (χ0v) is 16.5. The van der Waals surface area contributed by atoms with E-state index in [9.17, 15) is 22.4 Å². The maximum absolute atomic E-state index is 13.9. The first-order valence-electron chi connectivity index (χ1n) is 8.85. The van der Waals surface area contributed by atoms with Gasteiger partial charge in [0.15, 0.2) is 0 Å². The Morgan fingerprint density at radius 3 is 2.59 bits per heavy atom. The summed E-state index contributed by atoms with van der Waals surface area (Å²) in [7, 11) is 3.33. The van der Waals surface area contributed by atoms with Crippen LogP contribution in [0.15, 0.2) is 36.4 Å². The first-order chi connectivity index (χ1) is 13.5. The Kier molecular flexibility index (Phi) is 6.05. The van der Waals surface area contributed by atoms with E-state index in [1.165, 1.54) is 19.2 Å². The second-order valence-electron chi connectivity index (χ2n) is 7.00. The molecule has 1 amide bonds. The standard InChI is InChI=1S/C20H19ClF4N2O2/c1-26-6-5-16(11-26)29-19(28)27(2)18-4-3-15(22)10-17(18)12-7-13(20(23,24)25)9-14(21)8-12/h3-4,7-10,16H,5-6,11H2,1-2H3/t16-/m1/s1. The molecule has 1 saturated heterocycles. The van der Waals surface area contributed by atoms with Crippen LogP contribution < -0.4 is 4.90 Å². The SMILES string of the molecule is CN1CC[C@@H](OC(=O)N(C)c2ccc(F)cc2-c2cc(Cl)cc(C(F)(F)F)c2)C1. The van der Waals surface area contributed by atoms with Gasteiger partial charge in [0.05, 0.1) is 11.3 Å². The molecule has 0 unspecified atom stereocenters. The van der Waals surface area contributed by atoms with Gasteiger partial charge in [0.2, 0.25) is 0 Å². The molecule has 0 spiro atoms. The molecule has 2 aromatic carbocycles. The molecule has 1 aliphatic heterocycles. The molecule has 1 aliphatic rings. The van der Waals surface area contributed by atoms with E-state index in [1.54, 1.807) is 0 Å². The second-order valence-corrected chi connectivity index (χ2v) is 7.44. The van der Waals surface area contributed by atoms with E-state index in [0.717, 1.165) is 35.7 Å². The lowest BCUT2D eigenvalue weighted by Crippen LogP contribution is -2.32. The molecule has 3 rings (SSSR count). The number of rotatable bonds is 3. The molecule has 0 aliphatic carbocycles. The predicted molar refractivity (Wildman–Crippen MR) is 103 cm³/mol. The number of halogens is 5.